The minimum atomic E-state index is -1.58. The van der Waals surface area contributed by atoms with E-state index in [0.29, 0.717) is 10.7 Å². The Labute approximate surface area is 264 Å². The lowest BCUT2D eigenvalue weighted by Gasteiger charge is -2.55. The van der Waals surface area contributed by atoms with Crippen molar-refractivity contribution in [2.24, 2.45) is 5.41 Å². The molecule has 2 fully saturated rings. The zero-order chi connectivity index (χ0) is 29.8. The summed E-state index contributed by atoms with van der Waals surface area (Å²) in [6.07, 6.45) is 0. The lowest BCUT2D eigenvalue weighted by atomic mass is 9.43. The molecule has 214 valence electrons. The van der Waals surface area contributed by atoms with Gasteiger partial charge in [-0.15, -0.1) is 0 Å². The Kier molecular flexibility index (Phi) is 5.35. The summed E-state index contributed by atoms with van der Waals surface area (Å²) in [6.45, 7) is 0. The SMILES string of the molecule is O=C1N(c2ccc(Cl)c(Cl)c2)C(=O)C23C4c5ccccc5C(c5ccccc54)C12ON(c1ccccc1)C3c1ccccc1. The van der Waals surface area contributed by atoms with Crippen LogP contribution in [-0.4, -0.2) is 17.4 Å². The van der Waals surface area contributed by atoms with E-state index < -0.39 is 34.8 Å². The minimum absolute atomic E-state index is 0.265. The summed E-state index contributed by atoms with van der Waals surface area (Å²) in [5, 5.41) is 2.44. The van der Waals surface area contributed by atoms with Crippen molar-refractivity contribution in [3.05, 3.63) is 165 Å². The number of imide groups is 1. The Morgan fingerprint density at radius 2 is 1.11 bits per heavy atom. The third-order valence-electron chi connectivity index (χ3n) is 9.99. The van der Waals surface area contributed by atoms with Gasteiger partial charge < -0.3 is 0 Å². The van der Waals surface area contributed by atoms with Crippen molar-refractivity contribution in [1.82, 2.24) is 0 Å². The predicted molar refractivity (Wildman–Crippen MR) is 170 cm³/mol. The maximum atomic E-state index is 15.6. The number of amides is 2. The number of para-hydroxylation sites is 1. The van der Waals surface area contributed by atoms with Crippen LogP contribution in [0.4, 0.5) is 11.4 Å². The Morgan fingerprint density at radius 3 is 1.70 bits per heavy atom. The summed E-state index contributed by atoms with van der Waals surface area (Å²) in [7, 11) is 0. The highest BCUT2D eigenvalue weighted by atomic mass is 35.5. The van der Waals surface area contributed by atoms with Crippen molar-refractivity contribution in [3.63, 3.8) is 0 Å². The van der Waals surface area contributed by atoms with Crippen LogP contribution in [0.5, 0.6) is 0 Å². The number of rotatable bonds is 3. The second kappa shape index (κ2) is 9.05. The highest BCUT2D eigenvalue weighted by Crippen LogP contribution is 2.77. The number of hydrogen-bond donors (Lipinski definition) is 0. The molecule has 2 amide bonds. The van der Waals surface area contributed by atoms with Gasteiger partial charge in [-0.2, -0.15) is 0 Å². The van der Waals surface area contributed by atoms with Gasteiger partial charge in [-0.1, -0.05) is 120 Å². The third-order valence-corrected chi connectivity index (χ3v) is 10.7. The fraction of sp³-hybridized carbons (Fsp3) is 0.135. The molecule has 3 atom stereocenters. The van der Waals surface area contributed by atoms with Gasteiger partial charge in [0, 0.05) is 5.92 Å². The topological polar surface area (TPSA) is 49.9 Å². The van der Waals surface area contributed by atoms with Crippen LogP contribution in [0.1, 0.15) is 45.7 Å². The monoisotopic (exact) mass is 614 g/mol. The smallest absolute Gasteiger partial charge is 0.271 e. The summed E-state index contributed by atoms with van der Waals surface area (Å²) >= 11 is 12.8. The first-order valence-electron chi connectivity index (χ1n) is 14.6. The molecule has 7 heteroatoms. The van der Waals surface area contributed by atoms with Crippen molar-refractivity contribution in [2.45, 2.75) is 23.5 Å². The van der Waals surface area contributed by atoms with Gasteiger partial charge in [-0.3, -0.25) is 14.4 Å². The van der Waals surface area contributed by atoms with Crippen LogP contribution in [0.3, 0.4) is 0 Å². The molecule has 5 aromatic rings. The van der Waals surface area contributed by atoms with E-state index in [-0.39, 0.29) is 10.9 Å². The van der Waals surface area contributed by atoms with Gasteiger partial charge in [0.25, 0.3) is 5.91 Å². The van der Waals surface area contributed by atoms with Gasteiger partial charge in [0.1, 0.15) is 11.5 Å². The molecule has 5 nitrogen and oxygen atoms in total. The van der Waals surface area contributed by atoms with E-state index in [1.165, 1.54) is 4.90 Å². The Balaban J connectivity index is 1.43. The number of carbonyl (C=O) groups excluding carboxylic acids is 2. The number of nitrogens with zero attached hydrogens (tertiary/aromatic N) is 2. The molecule has 3 aliphatic carbocycles. The molecule has 44 heavy (non-hydrogen) atoms. The molecular formula is C37H24Cl2N2O3. The second-order valence-electron chi connectivity index (χ2n) is 11.8. The highest BCUT2D eigenvalue weighted by molar-refractivity contribution is 6.42. The van der Waals surface area contributed by atoms with Gasteiger partial charge in [-0.25, -0.2) is 9.96 Å². The molecular weight excluding hydrogens is 591 g/mol. The molecule has 2 heterocycles. The highest BCUT2D eigenvalue weighted by Gasteiger charge is 2.87. The molecule has 2 aliphatic heterocycles. The van der Waals surface area contributed by atoms with Gasteiger partial charge in [0.2, 0.25) is 11.5 Å². The lowest BCUT2D eigenvalue weighted by Crippen LogP contribution is -2.63. The molecule has 3 unspecified atom stereocenters. The number of carbonyl (C=O) groups is 2. The number of benzene rings is 5. The number of anilines is 2. The van der Waals surface area contributed by atoms with Crippen molar-refractivity contribution in [2.75, 3.05) is 9.96 Å². The minimum Gasteiger partial charge on any atom is -0.273 e. The van der Waals surface area contributed by atoms with Crippen LogP contribution in [0, 0.1) is 5.41 Å². The van der Waals surface area contributed by atoms with E-state index in [1.54, 1.807) is 18.2 Å². The van der Waals surface area contributed by atoms with Crippen molar-refractivity contribution in [1.29, 1.82) is 0 Å². The maximum absolute atomic E-state index is 15.6. The summed E-state index contributed by atoms with van der Waals surface area (Å²) in [5.74, 6) is -1.72. The van der Waals surface area contributed by atoms with Gasteiger partial charge in [0.05, 0.1) is 27.3 Å². The van der Waals surface area contributed by atoms with Crippen molar-refractivity contribution < 1.29 is 14.4 Å². The van der Waals surface area contributed by atoms with Crippen molar-refractivity contribution >= 4 is 46.4 Å². The van der Waals surface area contributed by atoms with Gasteiger partial charge in [0.15, 0.2) is 0 Å². The summed E-state index contributed by atoms with van der Waals surface area (Å²) in [4.78, 5) is 39.5. The predicted octanol–water partition coefficient (Wildman–Crippen LogP) is 8.08. The van der Waals surface area contributed by atoms with E-state index in [2.05, 4.69) is 24.3 Å². The summed E-state index contributed by atoms with van der Waals surface area (Å²) in [5.41, 5.74) is 3.19. The number of hydroxylamine groups is 1. The van der Waals surface area contributed by atoms with Gasteiger partial charge in [-0.05, 0) is 58.1 Å². The first kappa shape index (κ1) is 26.0. The van der Waals surface area contributed by atoms with E-state index in [0.717, 1.165) is 33.5 Å². The maximum Gasteiger partial charge on any atom is 0.271 e. The normalized spacial score (nSPS) is 27.6. The number of halogens is 2. The average molecular weight is 616 g/mol. The average Bonchev–Trinajstić information content (AvgIpc) is 3.50. The fourth-order valence-corrected chi connectivity index (χ4v) is 8.82. The quantitative estimate of drug-likeness (QED) is 0.193. The Bertz CT molecular complexity index is 1970. The lowest BCUT2D eigenvalue weighted by molar-refractivity contribution is -0.153. The van der Waals surface area contributed by atoms with E-state index in [4.69, 9.17) is 28.0 Å². The second-order valence-corrected chi connectivity index (χ2v) is 12.7. The molecule has 5 aromatic carbocycles. The fourth-order valence-electron chi connectivity index (χ4n) is 8.52. The van der Waals surface area contributed by atoms with Crippen LogP contribution in [0.2, 0.25) is 10.0 Å². The first-order valence-corrected chi connectivity index (χ1v) is 15.4. The van der Waals surface area contributed by atoms with Gasteiger partial charge >= 0.3 is 0 Å². The molecule has 10 rings (SSSR count). The largest absolute Gasteiger partial charge is 0.273 e. The summed E-state index contributed by atoms with van der Waals surface area (Å²) in [6, 6.07) is 40.3. The third kappa shape index (κ3) is 2.95. The Morgan fingerprint density at radius 1 is 0.568 bits per heavy atom. The molecule has 0 spiro atoms. The standard InChI is InChI=1S/C37H24Cl2N2O3/c38-29-20-19-24(21-30(29)39)40-34(42)36-31-25-15-7-9-17-27(25)32(28-18-10-8-16-26(28)31)37(36,35(40)43)44-41(23-13-5-2-6-14-23)33(36)22-11-3-1-4-12-22/h1-21,31-33H. The van der Waals surface area contributed by atoms with Crippen LogP contribution in [0.15, 0.2) is 127 Å². The number of hydrogen-bond acceptors (Lipinski definition) is 4. The van der Waals surface area contributed by atoms with Crippen LogP contribution < -0.4 is 9.96 Å². The molecule has 5 aliphatic rings. The molecule has 0 aromatic heterocycles. The first-order chi connectivity index (χ1) is 21.5. The van der Waals surface area contributed by atoms with Crippen LogP contribution in [-0.2, 0) is 14.4 Å². The Hall–Kier alpha value is -4.42. The molecule has 0 radical (unpaired) electrons. The zero-order valence-electron chi connectivity index (χ0n) is 23.2. The molecule has 0 N–H and O–H groups in total. The van der Waals surface area contributed by atoms with E-state index in [9.17, 15) is 0 Å². The molecule has 2 saturated heterocycles. The molecule has 0 saturated carbocycles. The van der Waals surface area contributed by atoms with E-state index >= 15 is 9.59 Å². The summed E-state index contributed by atoms with van der Waals surface area (Å²) < 4.78 is 0. The van der Waals surface area contributed by atoms with Crippen LogP contribution in [0.25, 0.3) is 0 Å². The zero-order valence-corrected chi connectivity index (χ0v) is 24.7. The van der Waals surface area contributed by atoms with Crippen LogP contribution >= 0.6 is 23.2 Å². The van der Waals surface area contributed by atoms with Crippen molar-refractivity contribution in [3.8, 4) is 0 Å². The van der Waals surface area contributed by atoms with E-state index in [1.807, 2.05) is 90.0 Å². The molecule has 2 bridgehead atoms.